The summed E-state index contributed by atoms with van der Waals surface area (Å²) in [6.07, 6.45) is 7.61. The summed E-state index contributed by atoms with van der Waals surface area (Å²) in [6, 6.07) is 0.534. The summed E-state index contributed by atoms with van der Waals surface area (Å²) in [5, 5.41) is 3.59. The third kappa shape index (κ3) is 2.05. The highest BCUT2D eigenvalue weighted by Gasteiger charge is 2.32. The van der Waals surface area contributed by atoms with Crippen LogP contribution in [0.1, 0.15) is 34.1 Å². The molecule has 2 heteroatoms. The van der Waals surface area contributed by atoms with Crippen molar-refractivity contribution < 1.29 is 0 Å². The number of hydrogen-bond donors (Lipinski definition) is 1. The third-order valence-corrected chi connectivity index (χ3v) is 3.07. The van der Waals surface area contributed by atoms with Crippen LogP contribution in [0.15, 0.2) is 28.4 Å². The first-order valence-corrected chi connectivity index (χ1v) is 5.73. The van der Waals surface area contributed by atoms with Gasteiger partial charge in [-0.1, -0.05) is 19.1 Å². The van der Waals surface area contributed by atoms with Crippen LogP contribution < -0.4 is 5.32 Å². The minimum absolute atomic E-state index is 0.00208. The maximum Gasteiger partial charge on any atom is 0.0627 e. The number of aliphatic imine (C=N–C) groups is 1. The van der Waals surface area contributed by atoms with Crippen LogP contribution in [0.3, 0.4) is 0 Å². The van der Waals surface area contributed by atoms with Crippen molar-refractivity contribution in [1.82, 2.24) is 5.32 Å². The molecule has 0 aromatic heterocycles. The first-order chi connectivity index (χ1) is 6.99. The highest BCUT2D eigenvalue weighted by Crippen LogP contribution is 2.31. The van der Waals surface area contributed by atoms with Gasteiger partial charge in [-0.15, -0.1) is 0 Å². The first kappa shape index (κ1) is 10.6. The largest absolute Gasteiger partial charge is 0.304 e. The molecule has 2 rings (SSSR count). The molecule has 0 aromatic rings. The van der Waals surface area contributed by atoms with E-state index in [1.54, 1.807) is 0 Å². The van der Waals surface area contributed by atoms with E-state index in [2.05, 4.69) is 50.2 Å². The number of hydrogen-bond acceptors (Lipinski definition) is 2. The molecule has 0 fully saturated rings. The maximum atomic E-state index is 4.64. The van der Waals surface area contributed by atoms with Crippen LogP contribution in [0.2, 0.25) is 0 Å². The molecule has 0 spiro atoms. The molecule has 0 saturated carbocycles. The lowest BCUT2D eigenvalue weighted by Gasteiger charge is -2.37. The molecule has 0 aliphatic carbocycles. The summed E-state index contributed by atoms with van der Waals surface area (Å²) >= 11 is 0. The third-order valence-electron chi connectivity index (χ3n) is 3.07. The molecule has 2 heterocycles. The first-order valence-electron chi connectivity index (χ1n) is 5.73. The van der Waals surface area contributed by atoms with Gasteiger partial charge >= 0.3 is 0 Å². The second-order valence-corrected chi connectivity index (χ2v) is 5.24. The zero-order valence-electron chi connectivity index (χ0n) is 10.0. The summed E-state index contributed by atoms with van der Waals surface area (Å²) in [5.41, 5.74) is 2.60. The van der Waals surface area contributed by atoms with E-state index in [9.17, 15) is 0 Å². The molecule has 1 N–H and O–H groups in total. The number of rotatable bonds is 0. The second-order valence-electron chi connectivity index (χ2n) is 5.24. The fraction of sp³-hybridized carbons (Fsp3) is 0.615. The lowest BCUT2D eigenvalue weighted by atomic mass is 9.87. The molecule has 2 aliphatic rings. The molecule has 0 aromatic carbocycles. The van der Waals surface area contributed by atoms with E-state index in [0.717, 1.165) is 6.42 Å². The van der Waals surface area contributed by atoms with Gasteiger partial charge in [0.15, 0.2) is 0 Å². The smallest absolute Gasteiger partial charge is 0.0627 e. The fourth-order valence-corrected chi connectivity index (χ4v) is 2.46. The van der Waals surface area contributed by atoms with Gasteiger partial charge in [0.2, 0.25) is 0 Å². The van der Waals surface area contributed by atoms with Gasteiger partial charge in [-0.25, -0.2) is 0 Å². The average Bonchev–Trinajstić information content (AvgIpc) is 2.27. The molecule has 0 saturated heterocycles. The quantitative estimate of drug-likeness (QED) is 0.644. The maximum absolute atomic E-state index is 4.64. The van der Waals surface area contributed by atoms with Crippen LogP contribution >= 0.6 is 0 Å². The Hall–Kier alpha value is -0.890. The Kier molecular flexibility index (Phi) is 2.55. The van der Waals surface area contributed by atoms with Gasteiger partial charge in [0.1, 0.15) is 0 Å². The van der Waals surface area contributed by atoms with Crippen LogP contribution in [0.5, 0.6) is 0 Å². The normalized spacial score (nSPS) is 33.9. The molecule has 2 nitrogen and oxygen atoms in total. The van der Waals surface area contributed by atoms with E-state index in [0.29, 0.717) is 12.0 Å². The van der Waals surface area contributed by atoms with E-state index in [1.165, 1.54) is 11.3 Å². The summed E-state index contributed by atoms with van der Waals surface area (Å²) in [7, 11) is 0. The predicted octanol–water partition coefficient (Wildman–Crippen LogP) is 2.68. The summed E-state index contributed by atoms with van der Waals surface area (Å²) in [5.74, 6) is 0.446. The summed E-state index contributed by atoms with van der Waals surface area (Å²) < 4.78 is 0. The SMILES string of the molecule is CC1C=CC2=C(N=C1)C(C)(C)NC(C)C2. The van der Waals surface area contributed by atoms with Crippen molar-refractivity contribution in [2.75, 3.05) is 0 Å². The minimum atomic E-state index is -0.00208. The van der Waals surface area contributed by atoms with E-state index < -0.39 is 0 Å². The van der Waals surface area contributed by atoms with Crippen molar-refractivity contribution >= 4 is 6.21 Å². The molecule has 2 aliphatic heterocycles. The van der Waals surface area contributed by atoms with Crippen LogP contribution in [0.25, 0.3) is 0 Å². The Balaban J connectivity index is 2.43. The topological polar surface area (TPSA) is 24.4 Å². The van der Waals surface area contributed by atoms with Gasteiger partial charge in [0.25, 0.3) is 0 Å². The van der Waals surface area contributed by atoms with E-state index in [4.69, 9.17) is 0 Å². The zero-order valence-corrected chi connectivity index (χ0v) is 10.0. The number of nitrogens with one attached hydrogen (secondary N) is 1. The molecular formula is C13H20N2. The van der Waals surface area contributed by atoms with Crippen LogP contribution in [0.4, 0.5) is 0 Å². The number of nitrogens with zero attached hydrogens (tertiary/aromatic N) is 1. The van der Waals surface area contributed by atoms with Crippen molar-refractivity contribution in [1.29, 1.82) is 0 Å². The van der Waals surface area contributed by atoms with E-state index >= 15 is 0 Å². The minimum Gasteiger partial charge on any atom is -0.304 e. The molecule has 2 unspecified atom stereocenters. The lowest BCUT2D eigenvalue weighted by molar-refractivity contribution is 0.362. The zero-order chi connectivity index (χ0) is 11.1. The van der Waals surface area contributed by atoms with Crippen molar-refractivity contribution in [2.45, 2.75) is 45.7 Å². The van der Waals surface area contributed by atoms with Gasteiger partial charge in [-0.3, -0.25) is 4.99 Å². The molecule has 0 amide bonds. The predicted molar refractivity (Wildman–Crippen MR) is 65.1 cm³/mol. The molecular weight excluding hydrogens is 184 g/mol. The van der Waals surface area contributed by atoms with Gasteiger partial charge in [-0.2, -0.15) is 0 Å². The molecule has 0 radical (unpaired) electrons. The van der Waals surface area contributed by atoms with Crippen molar-refractivity contribution in [3.63, 3.8) is 0 Å². The Morgan fingerprint density at radius 1 is 1.40 bits per heavy atom. The Labute approximate surface area is 92.2 Å². The van der Waals surface area contributed by atoms with Crippen molar-refractivity contribution in [3.8, 4) is 0 Å². The molecule has 15 heavy (non-hydrogen) atoms. The van der Waals surface area contributed by atoms with Crippen molar-refractivity contribution in [2.24, 2.45) is 10.9 Å². The fourth-order valence-electron chi connectivity index (χ4n) is 2.46. The summed E-state index contributed by atoms with van der Waals surface area (Å²) in [6.45, 7) is 8.82. The van der Waals surface area contributed by atoms with Gasteiger partial charge < -0.3 is 5.32 Å². The van der Waals surface area contributed by atoms with Crippen molar-refractivity contribution in [3.05, 3.63) is 23.4 Å². The van der Waals surface area contributed by atoms with Crippen LogP contribution in [-0.2, 0) is 0 Å². The van der Waals surface area contributed by atoms with Gasteiger partial charge in [-0.05, 0) is 32.8 Å². The Bertz CT molecular complexity index is 348. The standard InChI is InChI=1S/C13H20N2/c1-9-5-6-11-7-10(2)15-13(3,4)12(11)14-8-9/h5-6,8-10,15H,7H2,1-4H3. The van der Waals surface area contributed by atoms with Crippen LogP contribution in [0, 0.1) is 5.92 Å². The Morgan fingerprint density at radius 3 is 2.87 bits per heavy atom. The highest BCUT2D eigenvalue weighted by molar-refractivity contribution is 5.66. The average molecular weight is 204 g/mol. The number of allylic oxidation sites excluding steroid dienone is 2. The van der Waals surface area contributed by atoms with E-state index in [1.807, 2.05) is 6.21 Å². The van der Waals surface area contributed by atoms with Crippen LogP contribution in [-0.4, -0.2) is 17.8 Å². The van der Waals surface area contributed by atoms with Gasteiger partial charge in [0.05, 0.1) is 11.2 Å². The van der Waals surface area contributed by atoms with E-state index in [-0.39, 0.29) is 5.54 Å². The monoisotopic (exact) mass is 204 g/mol. The molecule has 82 valence electrons. The lowest BCUT2D eigenvalue weighted by Crippen LogP contribution is -2.49. The Morgan fingerprint density at radius 2 is 2.13 bits per heavy atom. The highest BCUT2D eigenvalue weighted by atomic mass is 15.0. The molecule has 2 atom stereocenters. The molecule has 0 bridgehead atoms. The summed E-state index contributed by atoms with van der Waals surface area (Å²) in [4.78, 5) is 4.64. The second kappa shape index (κ2) is 3.60. The van der Waals surface area contributed by atoms with Gasteiger partial charge in [0, 0.05) is 18.2 Å².